The lowest BCUT2D eigenvalue weighted by atomic mass is 10.4. The van der Waals surface area contributed by atoms with Crippen molar-refractivity contribution in [2.75, 3.05) is 0 Å². The van der Waals surface area contributed by atoms with E-state index in [1.54, 1.807) is 10.8 Å². The Morgan fingerprint density at radius 3 is 3.00 bits per heavy atom. The van der Waals surface area contributed by atoms with Crippen molar-refractivity contribution < 1.29 is 0 Å². The molecule has 2 heterocycles. The molecule has 2 aromatic rings. The van der Waals surface area contributed by atoms with Gasteiger partial charge in [-0.05, 0) is 19.9 Å². The Morgan fingerprint density at radius 1 is 1.54 bits per heavy atom. The molecule has 0 atom stereocenters. The molecule has 2 aromatic heterocycles. The van der Waals surface area contributed by atoms with Crippen LogP contribution >= 0.6 is 11.3 Å². The van der Waals surface area contributed by atoms with Crippen molar-refractivity contribution in [3.8, 4) is 0 Å². The van der Waals surface area contributed by atoms with Gasteiger partial charge < -0.3 is 0 Å². The minimum Gasteiger partial charge on any atom is -0.294 e. The van der Waals surface area contributed by atoms with Crippen molar-refractivity contribution in [1.29, 1.82) is 0 Å². The van der Waals surface area contributed by atoms with Crippen LogP contribution in [0.1, 0.15) is 19.9 Å². The molecule has 0 N–H and O–H groups in total. The zero-order chi connectivity index (χ0) is 9.42. The largest absolute Gasteiger partial charge is 0.309 e. The number of rotatable bonds is 1. The van der Waals surface area contributed by atoms with E-state index in [0.29, 0.717) is 4.83 Å². The quantitative estimate of drug-likeness (QED) is 0.691. The zero-order valence-corrected chi connectivity index (χ0v) is 8.21. The normalized spacial score (nSPS) is 11.3. The summed E-state index contributed by atoms with van der Waals surface area (Å²) in [6.45, 7) is 3.96. The van der Waals surface area contributed by atoms with Crippen LogP contribution in [0.3, 0.4) is 0 Å². The van der Waals surface area contributed by atoms with Crippen LogP contribution in [0.25, 0.3) is 10.3 Å². The molecule has 0 aliphatic carbocycles. The smallest absolute Gasteiger partial charge is 0.294 e. The van der Waals surface area contributed by atoms with Gasteiger partial charge in [0.1, 0.15) is 0 Å². The Morgan fingerprint density at radius 2 is 2.31 bits per heavy atom. The first kappa shape index (κ1) is 8.37. The molecule has 68 valence electrons. The molecule has 0 aliphatic heterocycles. The second-order valence-corrected chi connectivity index (χ2v) is 3.99. The minimum absolute atomic E-state index is 0.0329. The summed E-state index contributed by atoms with van der Waals surface area (Å²) in [6.07, 6.45) is 1.60. The van der Waals surface area contributed by atoms with E-state index in [2.05, 4.69) is 10.2 Å². The van der Waals surface area contributed by atoms with Crippen LogP contribution in [0.2, 0.25) is 0 Å². The maximum atomic E-state index is 11.5. The predicted octanol–water partition coefficient (Wildman–Crippen LogP) is 1.43. The standard InChI is InChI=1S/C8H9N3OS/c1-5(2)11-6-3-4-9-10-7(6)13-8(11)12/h3-5H,1-2H3. The summed E-state index contributed by atoms with van der Waals surface area (Å²) in [5, 5.41) is 7.63. The minimum atomic E-state index is 0.0329. The number of hydrogen-bond donors (Lipinski definition) is 0. The fourth-order valence-electron chi connectivity index (χ4n) is 1.29. The first-order valence-corrected chi connectivity index (χ1v) is 4.84. The van der Waals surface area contributed by atoms with Crippen LogP contribution in [0.5, 0.6) is 0 Å². The molecule has 0 unspecified atom stereocenters. The van der Waals surface area contributed by atoms with Crippen LogP contribution in [0.4, 0.5) is 0 Å². The molecule has 0 aliphatic rings. The molecule has 0 saturated heterocycles. The van der Waals surface area contributed by atoms with Gasteiger partial charge in [-0.3, -0.25) is 9.36 Å². The summed E-state index contributed by atoms with van der Waals surface area (Å²) in [7, 11) is 0. The van der Waals surface area contributed by atoms with Crippen molar-refractivity contribution in [2.45, 2.75) is 19.9 Å². The molecule has 0 spiro atoms. The van der Waals surface area contributed by atoms with E-state index in [1.165, 1.54) is 0 Å². The van der Waals surface area contributed by atoms with Gasteiger partial charge in [0.2, 0.25) is 0 Å². The van der Waals surface area contributed by atoms with Gasteiger partial charge in [0.25, 0.3) is 0 Å². The van der Waals surface area contributed by atoms with Gasteiger partial charge in [-0.25, -0.2) is 0 Å². The molecular formula is C8H9N3OS. The van der Waals surface area contributed by atoms with Crippen LogP contribution in [-0.2, 0) is 0 Å². The topological polar surface area (TPSA) is 47.8 Å². The summed E-state index contributed by atoms with van der Waals surface area (Å²) >= 11 is 1.14. The third-order valence-corrected chi connectivity index (χ3v) is 2.68. The molecule has 13 heavy (non-hydrogen) atoms. The van der Waals surface area contributed by atoms with Gasteiger partial charge in [-0.1, -0.05) is 11.3 Å². The number of fused-ring (bicyclic) bond motifs is 1. The van der Waals surface area contributed by atoms with Gasteiger partial charge in [-0.15, -0.1) is 5.10 Å². The van der Waals surface area contributed by atoms with E-state index in [-0.39, 0.29) is 10.9 Å². The van der Waals surface area contributed by atoms with E-state index in [9.17, 15) is 4.79 Å². The highest BCUT2D eigenvalue weighted by Crippen LogP contribution is 2.16. The number of nitrogens with zero attached hydrogens (tertiary/aromatic N) is 3. The molecule has 0 fully saturated rings. The van der Waals surface area contributed by atoms with Crippen molar-refractivity contribution in [2.24, 2.45) is 0 Å². The van der Waals surface area contributed by atoms with Crippen molar-refractivity contribution >= 4 is 21.7 Å². The molecule has 2 rings (SSSR count). The highest BCUT2D eigenvalue weighted by molar-refractivity contribution is 7.15. The molecule has 0 saturated carbocycles. The van der Waals surface area contributed by atoms with Gasteiger partial charge >= 0.3 is 4.87 Å². The van der Waals surface area contributed by atoms with Crippen molar-refractivity contribution in [3.05, 3.63) is 21.9 Å². The second kappa shape index (κ2) is 2.92. The lowest BCUT2D eigenvalue weighted by Crippen LogP contribution is -2.14. The zero-order valence-electron chi connectivity index (χ0n) is 7.39. The van der Waals surface area contributed by atoms with E-state index in [1.807, 2.05) is 19.9 Å². The molecule has 0 amide bonds. The first-order valence-electron chi connectivity index (χ1n) is 4.03. The summed E-state index contributed by atoms with van der Waals surface area (Å²) in [4.78, 5) is 12.2. The average Bonchev–Trinajstić information content (AvgIpc) is 2.39. The summed E-state index contributed by atoms with van der Waals surface area (Å²) in [6, 6.07) is 1.99. The number of thiazole rings is 1. The monoisotopic (exact) mass is 195 g/mol. The lowest BCUT2D eigenvalue weighted by Gasteiger charge is -2.05. The summed E-state index contributed by atoms with van der Waals surface area (Å²) in [5.41, 5.74) is 0.875. The maximum Gasteiger partial charge on any atom is 0.309 e. The molecule has 0 bridgehead atoms. The Hall–Kier alpha value is -1.23. The van der Waals surface area contributed by atoms with E-state index < -0.39 is 0 Å². The van der Waals surface area contributed by atoms with Crippen LogP contribution in [0, 0.1) is 0 Å². The van der Waals surface area contributed by atoms with Crippen LogP contribution < -0.4 is 4.87 Å². The van der Waals surface area contributed by atoms with Crippen molar-refractivity contribution in [3.63, 3.8) is 0 Å². The molecule has 5 heteroatoms. The Bertz CT molecular complexity index is 485. The molecular weight excluding hydrogens is 186 g/mol. The Kier molecular flexibility index (Phi) is 1.88. The summed E-state index contributed by atoms with van der Waals surface area (Å²) in [5.74, 6) is 0. The first-order chi connectivity index (χ1) is 6.20. The second-order valence-electron chi connectivity index (χ2n) is 3.05. The summed E-state index contributed by atoms with van der Waals surface area (Å²) < 4.78 is 1.73. The molecule has 0 aromatic carbocycles. The SMILES string of the molecule is CC(C)n1c(=O)sc2nnccc21. The molecule has 4 nitrogen and oxygen atoms in total. The lowest BCUT2D eigenvalue weighted by molar-refractivity contribution is 0.610. The van der Waals surface area contributed by atoms with E-state index in [4.69, 9.17) is 0 Å². The third kappa shape index (κ3) is 1.25. The maximum absolute atomic E-state index is 11.5. The fourth-order valence-corrected chi connectivity index (χ4v) is 2.22. The fraction of sp³-hybridized carbons (Fsp3) is 0.375. The van der Waals surface area contributed by atoms with Gasteiger partial charge in [0.05, 0.1) is 11.7 Å². The van der Waals surface area contributed by atoms with Gasteiger partial charge in [0, 0.05) is 6.04 Å². The van der Waals surface area contributed by atoms with Crippen LogP contribution in [0.15, 0.2) is 17.1 Å². The number of hydrogen-bond acceptors (Lipinski definition) is 4. The van der Waals surface area contributed by atoms with E-state index in [0.717, 1.165) is 16.9 Å². The molecule has 0 radical (unpaired) electrons. The predicted molar refractivity (Wildman–Crippen MR) is 52.1 cm³/mol. The Labute approximate surface area is 78.8 Å². The highest BCUT2D eigenvalue weighted by atomic mass is 32.1. The third-order valence-electron chi connectivity index (χ3n) is 1.82. The number of aromatic nitrogens is 3. The van der Waals surface area contributed by atoms with Gasteiger partial charge in [0.15, 0.2) is 4.83 Å². The van der Waals surface area contributed by atoms with Gasteiger partial charge in [-0.2, -0.15) is 5.10 Å². The highest BCUT2D eigenvalue weighted by Gasteiger charge is 2.10. The van der Waals surface area contributed by atoms with Crippen molar-refractivity contribution in [1.82, 2.24) is 14.8 Å². The Balaban J connectivity index is 2.87. The van der Waals surface area contributed by atoms with Crippen LogP contribution in [-0.4, -0.2) is 14.8 Å². The van der Waals surface area contributed by atoms with E-state index >= 15 is 0 Å². The average molecular weight is 195 g/mol.